The number of carbonyl (C=O) groups is 2. The van der Waals surface area contributed by atoms with Gasteiger partial charge in [-0.05, 0) is 30.4 Å². The van der Waals surface area contributed by atoms with Crippen molar-refractivity contribution in [3.63, 3.8) is 0 Å². The van der Waals surface area contributed by atoms with Crippen LogP contribution in [0.3, 0.4) is 0 Å². The van der Waals surface area contributed by atoms with Gasteiger partial charge in [0, 0.05) is 6.54 Å². The fourth-order valence-electron chi connectivity index (χ4n) is 1.85. The van der Waals surface area contributed by atoms with Gasteiger partial charge in [0.1, 0.15) is 12.9 Å². The molecule has 1 aromatic rings. The summed E-state index contributed by atoms with van der Waals surface area (Å²) in [6.07, 6.45) is 5.12. The molecule has 0 unspecified atom stereocenters. The van der Waals surface area contributed by atoms with Gasteiger partial charge in [-0.2, -0.15) is 0 Å². The molecule has 4 heteroatoms. The number of unbranched alkanes of at least 4 members (excludes halogenated alkanes) is 3. The number of rotatable bonds is 10. The molecule has 0 aliphatic rings. The lowest BCUT2D eigenvalue weighted by molar-refractivity contribution is -0.105. The third kappa shape index (κ3) is 8.63. The van der Waals surface area contributed by atoms with Crippen molar-refractivity contribution in [2.24, 2.45) is 0 Å². The molecule has 0 fully saturated rings. The third-order valence-electron chi connectivity index (χ3n) is 3.07. The molecule has 1 rings (SSSR count). The van der Waals surface area contributed by atoms with Crippen LogP contribution in [0.4, 0.5) is 4.79 Å². The quantitative estimate of drug-likeness (QED) is 0.406. The number of benzene rings is 1. The minimum atomic E-state index is -0.381. The SMILES string of the molecule is C=C(C=O)CCCCCCNC(=O)OCc1ccccc1. The molecule has 0 aromatic heterocycles. The minimum Gasteiger partial charge on any atom is -0.445 e. The summed E-state index contributed by atoms with van der Waals surface area (Å²) in [6, 6.07) is 9.58. The number of hydrogen-bond donors (Lipinski definition) is 1. The first-order valence-electron chi connectivity index (χ1n) is 7.30. The molecule has 1 aromatic carbocycles. The van der Waals surface area contributed by atoms with Gasteiger partial charge >= 0.3 is 6.09 Å². The maximum absolute atomic E-state index is 11.4. The zero-order chi connectivity index (χ0) is 15.3. The van der Waals surface area contributed by atoms with Gasteiger partial charge in [-0.3, -0.25) is 4.79 Å². The Bertz CT molecular complexity index is 443. The minimum absolute atomic E-state index is 0.292. The number of nitrogens with one attached hydrogen (secondary N) is 1. The van der Waals surface area contributed by atoms with Crippen molar-refractivity contribution in [3.8, 4) is 0 Å². The highest BCUT2D eigenvalue weighted by Crippen LogP contribution is 2.06. The van der Waals surface area contributed by atoms with E-state index in [0.29, 0.717) is 18.7 Å². The molecule has 0 saturated carbocycles. The second-order valence-electron chi connectivity index (χ2n) is 4.93. The van der Waals surface area contributed by atoms with Crippen molar-refractivity contribution >= 4 is 12.4 Å². The van der Waals surface area contributed by atoms with Crippen molar-refractivity contribution in [1.29, 1.82) is 0 Å². The van der Waals surface area contributed by atoms with Gasteiger partial charge in [-0.1, -0.05) is 49.8 Å². The van der Waals surface area contributed by atoms with E-state index in [1.165, 1.54) is 0 Å². The summed E-state index contributed by atoms with van der Waals surface area (Å²) in [5.41, 5.74) is 1.63. The number of alkyl carbamates (subject to hydrolysis) is 1. The first-order valence-corrected chi connectivity index (χ1v) is 7.30. The first kappa shape index (κ1) is 17.0. The highest BCUT2D eigenvalue weighted by molar-refractivity contribution is 5.71. The summed E-state index contributed by atoms with van der Waals surface area (Å²) in [7, 11) is 0. The Kier molecular flexibility index (Phi) is 8.61. The van der Waals surface area contributed by atoms with Crippen LogP contribution in [0, 0.1) is 0 Å². The molecule has 1 amide bonds. The Morgan fingerprint density at radius 3 is 2.57 bits per heavy atom. The first-order chi connectivity index (χ1) is 10.2. The van der Waals surface area contributed by atoms with Gasteiger partial charge in [0.15, 0.2) is 0 Å². The fraction of sp³-hybridized carbons (Fsp3) is 0.412. The van der Waals surface area contributed by atoms with Crippen LogP contribution in [0.1, 0.15) is 37.7 Å². The van der Waals surface area contributed by atoms with Crippen molar-refractivity contribution in [2.45, 2.75) is 38.7 Å². The van der Waals surface area contributed by atoms with Crippen molar-refractivity contribution in [3.05, 3.63) is 48.0 Å². The van der Waals surface area contributed by atoms with E-state index in [-0.39, 0.29) is 6.09 Å². The molecule has 0 heterocycles. The zero-order valence-electron chi connectivity index (χ0n) is 12.3. The zero-order valence-corrected chi connectivity index (χ0v) is 12.3. The van der Waals surface area contributed by atoms with Gasteiger partial charge in [0.05, 0.1) is 0 Å². The maximum atomic E-state index is 11.4. The van der Waals surface area contributed by atoms with Crippen LogP contribution in [-0.2, 0) is 16.1 Å². The summed E-state index contributed by atoms with van der Waals surface area (Å²) >= 11 is 0. The fourth-order valence-corrected chi connectivity index (χ4v) is 1.85. The molecule has 0 aliphatic carbocycles. The van der Waals surface area contributed by atoms with E-state index in [1.807, 2.05) is 30.3 Å². The molecule has 0 radical (unpaired) electrons. The number of aldehydes is 1. The normalized spacial score (nSPS) is 9.90. The Labute approximate surface area is 126 Å². The summed E-state index contributed by atoms with van der Waals surface area (Å²) < 4.78 is 5.10. The van der Waals surface area contributed by atoms with E-state index in [1.54, 1.807) is 0 Å². The average molecular weight is 289 g/mol. The highest BCUT2D eigenvalue weighted by atomic mass is 16.5. The van der Waals surface area contributed by atoms with Gasteiger partial charge in [-0.15, -0.1) is 0 Å². The van der Waals surface area contributed by atoms with Crippen LogP contribution >= 0.6 is 0 Å². The number of hydrogen-bond acceptors (Lipinski definition) is 3. The molecule has 1 N–H and O–H groups in total. The van der Waals surface area contributed by atoms with Crippen LogP contribution in [0.25, 0.3) is 0 Å². The number of carbonyl (C=O) groups excluding carboxylic acids is 2. The lowest BCUT2D eigenvalue weighted by Crippen LogP contribution is -2.25. The predicted octanol–water partition coefficient (Wildman–Crippen LogP) is 3.62. The van der Waals surface area contributed by atoms with Crippen LogP contribution in [-0.4, -0.2) is 18.9 Å². The van der Waals surface area contributed by atoms with Gasteiger partial charge in [0.2, 0.25) is 0 Å². The van der Waals surface area contributed by atoms with Crippen molar-refractivity contribution in [2.75, 3.05) is 6.54 Å². The molecule has 4 nitrogen and oxygen atoms in total. The van der Waals surface area contributed by atoms with Gasteiger partial charge in [0.25, 0.3) is 0 Å². The molecule has 0 atom stereocenters. The number of ether oxygens (including phenoxy) is 1. The Morgan fingerprint density at radius 1 is 1.14 bits per heavy atom. The summed E-state index contributed by atoms with van der Waals surface area (Å²) in [5, 5.41) is 2.73. The van der Waals surface area contributed by atoms with E-state index >= 15 is 0 Å². The topological polar surface area (TPSA) is 55.4 Å². The molecule has 0 bridgehead atoms. The van der Waals surface area contributed by atoms with E-state index in [2.05, 4.69) is 11.9 Å². The van der Waals surface area contributed by atoms with Crippen molar-refractivity contribution < 1.29 is 14.3 Å². The lowest BCUT2D eigenvalue weighted by Gasteiger charge is -2.07. The maximum Gasteiger partial charge on any atom is 0.407 e. The second kappa shape index (κ2) is 10.7. The summed E-state index contributed by atoms with van der Waals surface area (Å²) in [5.74, 6) is 0. The Hall–Kier alpha value is -2.10. The smallest absolute Gasteiger partial charge is 0.407 e. The van der Waals surface area contributed by atoms with Gasteiger partial charge in [-0.25, -0.2) is 4.79 Å². The monoisotopic (exact) mass is 289 g/mol. The Morgan fingerprint density at radius 2 is 1.86 bits per heavy atom. The van der Waals surface area contributed by atoms with Crippen LogP contribution < -0.4 is 5.32 Å². The standard InChI is InChI=1S/C17H23NO3/c1-15(13-19)9-5-2-3-8-12-18-17(20)21-14-16-10-6-4-7-11-16/h4,6-7,10-11,13H,1-3,5,8-9,12,14H2,(H,18,20). The van der Waals surface area contributed by atoms with E-state index in [9.17, 15) is 9.59 Å². The number of allylic oxidation sites excluding steroid dienone is 1. The van der Waals surface area contributed by atoms with E-state index in [4.69, 9.17) is 4.74 Å². The van der Waals surface area contributed by atoms with Gasteiger partial charge < -0.3 is 10.1 Å². The highest BCUT2D eigenvalue weighted by Gasteiger charge is 2.01. The average Bonchev–Trinajstić information content (AvgIpc) is 2.52. The molecule has 0 spiro atoms. The molecule has 0 saturated heterocycles. The summed E-state index contributed by atoms with van der Waals surface area (Å²) in [4.78, 5) is 21.8. The van der Waals surface area contributed by atoms with Crippen molar-refractivity contribution in [1.82, 2.24) is 5.32 Å². The molecule has 114 valence electrons. The van der Waals surface area contributed by atoms with Crippen LogP contribution in [0.5, 0.6) is 0 Å². The largest absolute Gasteiger partial charge is 0.445 e. The molecule has 0 aliphatic heterocycles. The van der Waals surface area contributed by atoms with E-state index < -0.39 is 0 Å². The predicted molar refractivity (Wildman–Crippen MR) is 82.9 cm³/mol. The molecular formula is C17H23NO3. The molecule has 21 heavy (non-hydrogen) atoms. The number of amides is 1. The van der Waals surface area contributed by atoms with E-state index in [0.717, 1.165) is 44.0 Å². The Balaban J connectivity index is 1.96. The van der Waals surface area contributed by atoms with Crippen LogP contribution in [0.2, 0.25) is 0 Å². The van der Waals surface area contributed by atoms with Crippen LogP contribution in [0.15, 0.2) is 42.5 Å². The third-order valence-corrected chi connectivity index (χ3v) is 3.07. The summed E-state index contributed by atoms with van der Waals surface area (Å²) in [6.45, 7) is 4.54. The molecular weight excluding hydrogens is 266 g/mol. The lowest BCUT2D eigenvalue weighted by atomic mass is 10.1. The second-order valence-corrected chi connectivity index (χ2v) is 4.93.